The van der Waals surface area contributed by atoms with Gasteiger partial charge < -0.3 is 20.5 Å². The second-order valence-corrected chi connectivity index (χ2v) is 10.5. The molecule has 0 bridgehead atoms. The van der Waals surface area contributed by atoms with E-state index in [1.54, 1.807) is 0 Å². The molecule has 5 atom stereocenters. The Morgan fingerprint density at radius 1 is 0.971 bits per heavy atom. The van der Waals surface area contributed by atoms with E-state index in [1.807, 2.05) is 38.1 Å². The molecule has 2 aromatic carbocycles. The van der Waals surface area contributed by atoms with E-state index in [4.69, 9.17) is 4.74 Å². The van der Waals surface area contributed by atoms with Gasteiger partial charge in [-0.1, -0.05) is 62.4 Å². The number of carboxylic acids is 1. The van der Waals surface area contributed by atoms with E-state index in [1.165, 1.54) is 0 Å². The molecule has 2 fully saturated rings. The Balaban J connectivity index is 1.18. The van der Waals surface area contributed by atoms with Crippen LogP contribution in [-0.2, 0) is 14.3 Å². The monoisotopic (exact) mass is 476 g/mol. The van der Waals surface area contributed by atoms with Crippen LogP contribution in [0.15, 0.2) is 48.5 Å². The fourth-order valence-corrected chi connectivity index (χ4v) is 6.17. The Hall–Kier alpha value is -3.35. The molecule has 0 saturated heterocycles. The van der Waals surface area contributed by atoms with Gasteiger partial charge in [-0.3, -0.25) is 9.59 Å². The van der Waals surface area contributed by atoms with E-state index in [0.29, 0.717) is 18.8 Å². The minimum absolute atomic E-state index is 0.0255. The van der Waals surface area contributed by atoms with Gasteiger partial charge in [0.15, 0.2) is 0 Å². The third kappa shape index (κ3) is 4.40. The first kappa shape index (κ1) is 23.4. The number of fused-ring (bicyclic) bond motifs is 4. The molecular formula is C28H32N2O5. The molecule has 2 aromatic rings. The van der Waals surface area contributed by atoms with Crippen LogP contribution in [0.25, 0.3) is 11.1 Å². The highest BCUT2D eigenvalue weighted by Crippen LogP contribution is 2.50. The van der Waals surface area contributed by atoms with Gasteiger partial charge in [0, 0.05) is 12.0 Å². The van der Waals surface area contributed by atoms with Crippen LogP contribution in [0.1, 0.15) is 50.2 Å². The third-order valence-electron chi connectivity index (χ3n) is 8.07. The molecule has 0 radical (unpaired) electrons. The van der Waals surface area contributed by atoms with Crippen LogP contribution in [0, 0.1) is 23.7 Å². The van der Waals surface area contributed by atoms with Gasteiger partial charge in [0.1, 0.15) is 12.6 Å². The largest absolute Gasteiger partial charge is 0.481 e. The zero-order valence-corrected chi connectivity index (χ0v) is 20.1. The van der Waals surface area contributed by atoms with Gasteiger partial charge in [0.25, 0.3) is 0 Å². The molecule has 2 amide bonds. The molecule has 1 unspecified atom stereocenters. The number of carbonyl (C=O) groups excluding carboxylic acids is 2. The van der Waals surface area contributed by atoms with Crippen molar-refractivity contribution >= 4 is 18.0 Å². The van der Waals surface area contributed by atoms with Crippen LogP contribution in [-0.4, -0.2) is 41.8 Å². The maximum atomic E-state index is 13.0. The average Bonchev–Trinajstić information content (AvgIpc) is 3.34. The number of rotatable bonds is 7. The predicted molar refractivity (Wildman–Crippen MR) is 131 cm³/mol. The lowest BCUT2D eigenvalue weighted by Gasteiger charge is -2.41. The molecule has 0 spiro atoms. The molecule has 184 valence electrons. The van der Waals surface area contributed by atoms with E-state index in [2.05, 4.69) is 34.9 Å². The highest BCUT2D eigenvalue weighted by Gasteiger charge is 2.50. The Morgan fingerprint density at radius 3 is 2.20 bits per heavy atom. The number of hydrogen-bond acceptors (Lipinski definition) is 4. The molecule has 0 heterocycles. The molecule has 0 aromatic heterocycles. The highest BCUT2D eigenvalue weighted by atomic mass is 16.5. The number of hydrogen-bond donors (Lipinski definition) is 3. The summed E-state index contributed by atoms with van der Waals surface area (Å²) in [6.07, 6.45) is 1.49. The normalized spacial score (nSPS) is 25.1. The zero-order chi connectivity index (χ0) is 24.7. The number of nitrogens with one attached hydrogen (secondary N) is 2. The molecule has 2 saturated carbocycles. The SMILES string of the molecule is CC(C)[C@@H](NC(=O)OCC1c2ccccc2-c2ccccc21)C(=O)N[C@H]1C[C@H]2CC(C(=O)O)C[C@H]21. The van der Waals surface area contributed by atoms with Crippen LogP contribution >= 0.6 is 0 Å². The molecular weight excluding hydrogens is 444 g/mol. The first-order chi connectivity index (χ1) is 16.8. The van der Waals surface area contributed by atoms with Crippen molar-refractivity contribution < 1.29 is 24.2 Å². The van der Waals surface area contributed by atoms with Crippen molar-refractivity contribution in [1.29, 1.82) is 0 Å². The smallest absolute Gasteiger partial charge is 0.407 e. The van der Waals surface area contributed by atoms with Crippen LogP contribution in [0.3, 0.4) is 0 Å². The fourth-order valence-electron chi connectivity index (χ4n) is 6.17. The number of carboxylic acid groups (broad SMARTS) is 1. The van der Waals surface area contributed by atoms with E-state index in [0.717, 1.165) is 28.7 Å². The highest BCUT2D eigenvalue weighted by molar-refractivity contribution is 5.86. The van der Waals surface area contributed by atoms with Gasteiger partial charge in [0.2, 0.25) is 5.91 Å². The second-order valence-electron chi connectivity index (χ2n) is 10.5. The lowest BCUT2D eigenvalue weighted by molar-refractivity contribution is -0.141. The van der Waals surface area contributed by atoms with Gasteiger partial charge in [-0.15, -0.1) is 0 Å². The van der Waals surface area contributed by atoms with Crippen molar-refractivity contribution in [3.05, 3.63) is 59.7 Å². The van der Waals surface area contributed by atoms with Crippen LogP contribution in [0.5, 0.6) is 0 Å². The summed E-state index contributed by atoms with van der Waals surface area (Å²) in [5.41, 5.74) is 4.59. The van der Waals surface area contributed by atoms with Crippen molar-refractivity contribution in [2.75, 3.05) is 6.61 Å². The summed E-state index contributed by atoms with van der Waals surface area (Å²) < 4.78 is 5.63. The number of alkyl carbamates (subject to hydrolysis) is 1. The summed E-state index contributed by atoms with van der Waals surface area (Å²) in [6.45, 7) is 3.95. The first-order valence-corrected chi connectivity index (χ1v) is 12.5. The zero-order valence-electron chi connectivity index (χ0n) is 20.1. The van der Waals surface area contributed by atoms with E-state index in [9.17, 15) is 19.5 Å². The molecule has 35 heavy (non-hydrogen) atoms. The number of ether oxygens (including phenoxy) is 1. The quantitative estimate of drug-likeness (QED) is 0.557. The van der Waals surface area contributed by atoms with Gasteiger partial charge in [-0.25, -0.2) is 4.79 Å². The summed E-state index contributed by atoms with van der Waals surface area (Å²) >= 11 is 0. The minimum Gasteiger partial charge on any atom is -0.481 e. The van der Waals surface area contributed by atoms with E-state index < -0.39 is 18.1 Å². The summed E-state index contributed by atoms with van der Waals surface area (Å²) in [5, 5.41) is 15.1. The second kappa shape index (κ2) is 9.36. The lowest BCUT2D eigenvalue weighted by Crippen LogP contribution is -2.57. The summed E-state index contributed by atoms with van der Waals surface area (Å²) in [5.74, 6) is -0.891. The third-order valence-corrected chi connectivity index (χ3v) is 8.07. The minimum atomic E-state index is -0.749. The van der Waals surface area contributed by atoms with Crippen molar-refractivity contribution in [2.45, 2.75) is 51.1 Å². The van der Waals surface area contributed by atoms with Crippen LogP contribution < -0.4 is 10.6 Å². The van der Waals surface area contributed by atoms with Crippen LogP contribution in [0.2, 0.25) is 0 Å². The Labute approximate surface area is 205 Å². The topological polar surface area (TPSA) is 105 Å². The first-order valence-electron chi connectivity index (χ1n) is 12.5. The number of carbonyl (C=O) groups is 3. The van der Waals surface area contributed by atoms with Gasteiger partial charge in [-0.2, -0.15) is 0 Å². The molecule has 3 N–H and O–H groups in total. The van der Waals surface area contributed by atoms with Crippen molar-refractivity contribution in [1.82, 2.24) is 10.6 Å². The Morgan fingerprint density at radius 2 is 1.60 bits per heavy atom. The van der Waals surface area contributed by atoms with Gasteiger partial charge in [0.05, 0.1) is 5.92 Å². The molecule has 7 heteroatoms. The molecule has 7 nitrogen and oxygen atoms in total. The van der Waals surface area contributed by atoms with Gasteiger partial charge in [-0.05, 0) is 59.3 Å². The van der Waals surface area contributed by atoms with Crippen molar-refractivity contribution in [3.8, 4) is 11.1 Å². The van der Waals surface area contributed by atoms with Gasteiger partial charge >= 0.3 is 12.1 Å². The molecule has 0 aliphatic heterocycles. The Kier molecular flexibility index (Phi) is 6.26. The summed E-state index contributed by atoms with van der Waals surface area (Å²) in [6, 6.07) is 15.6. The van der Waals surface area contributed by atoms with Crippen molar-refractivity contribution in [2.24, 2.45) is 23.7 Å². The summed E-state index contributed by atoms with van der Waals surface area (Å²) in [7, 11) is 0. The standard InChI is InChI=1S/C28H32N2O5/c1-15(2)25(26(31)29-24-13-16-11-17(27(32)33)12-22(16)24)30-28(34)35-14-23-20-9-5-3-7-18(20)19-8-4-6-10-21(19)23/h3-10,15-17,22-25H,11-14H2,1-2H3,(H,29,31)(H,30,34)(H,32,33)/t16-,17?,22-,24+,25-/m1/s1. The molecule has 3 aliphatic carbocycles. The van der Waals surface area contributed by atoms with E-state index in [-0.39, 0.29) is 42.2 Å². The average molecular weight is 477 g/mol. The van der Waals surface area contributed by atoms with Crippen molar-refractivity contribution in [3.63, 3.8) is 0 Å². The number of amides is 2. The molecule has 3 aliphatic rings. The lowest BCUT2D eigenvalue weighted by atomic mass is 9.71. The number of aliphatic carboxylic acids is 1. The summed E-state index contributed by atoms with van der Waals surface area (Å²) in [4.78, 5) is 37.1. The maximum absolute atomic E-state index is 13.0. The maximum Gasteiger partial charge on any atom is 0.407 e. The van der Waals surface area contributed by atoms with E-state index >= 15 is 0 Å². The predicted octanol–water partition coefficient (Wildman–Crippen LogP) is 4.17. The van der Waals surface area contributed by atoms with Crippen LogP contribution in [0.4, 0.5) is 4.79 Å². The molecule has 5 rings (SSSR count). The Bertz CT molecular complexity index is 1100. The fraction of sp³-hybridized carbons (Fsp3) is 0.464. The number of benzene rings is 2.